The normalized spacial score (nSPS) is 15.3. The monoisotopic (exact) mass is 389 g/mol. The lowest BCUT2D eigenvalue weighted by atomic mass is 10.0. The van der Waals surface area contributed by atoms with E-state index in [1.54, 1.807) is 6.20 Å². The summed E-state index contributed by atoms with van der Waals surface area (Å²) in [6, 6.07) is 20.7. The number of aromatic nitrogens is 1. The first-order chi connectivity index (χ1) is 14.3. The van der Waals surface area contributed by atoms with Gasteiger partial charge in [0.15, 0.2) is 11.7 Å². The van der Waals surface area contributed by atoms with Crippen molar-refractivity contribution in [2.24, 2.45) is 0 Å². The molecule has 1 aliphatic rings. The first-order valence-electron chi connectivity index (χ1n) is 10.3. The van der Waals surface area contributed by atoms with E-state index in [9.17, 15) is 4.79 Å². The number of rotatable bonds is 7. The molecule has 1 saturated heterocycles. The molecule has 3 aromatic rings. The van der Waals surface area contributed by atoms with Crippen molar-refractivity contribution in [3.8, 4) is 11.3 Å². The fourth-order valence-electron chi connectivity index (χ4n) is 3.76. The lowest BCUT2D eigenvalue weighted by Crippen LogP contribution is -2.44. The molecule has 5 nitrogen and oxygen atoms in total. The molecule has 1 amide bonds. The topological polar surface area (TPSA) is 58.4 Å². The number of aryl methyl sites for hydroxylation is 1. The highest BCUT2D eigenvalue weighted by Crippen LogP contribution is 2.20. The molecular formula is C24H27N3O2. The number of hydrogen-bond donors (Lipinski definition) is 1. The summed E-state index contributed by atoms with van der Waals surface area (Å²) >= 11 is 0. The number of piperidine rings is 1. The fraction of sp³-hybridized carbons (Fsp3) is 0.333. The Morgan fingerprint density at radius 2 is 1.72 bits per heavy atom. The molecule has 0 atom stereocenters. The van der Waals surface area contributed by atoms with E-state index < -0.39 is 0 Å². The molecule has 0 saturated carbocycles. The number of carbonyl (C=O) groups is 1. The molecule has 1 fully saturated rings. The van der Waals surface area contributed by atoms with Crippen molar-refractivity contribution in [1.82, 2.24) is 15.2 Å². The van der Waals surface area contributed by atoms with Gasteiger partial charge in [-0.05, 0) is 18.4 Å². The van der Waals surface area contributed by atoms with Gasteiger partial charge in [0, 0.05) is 44.1 Å². The van der Waals surface area contributed by atoms with E-state index in [4.69, 9.17) is 4.42 Å². The Kier molecular flexibility index (Phi) is 6.37. The number of amides is 1. The average molecular weight is 389 g/mol. The third-order valence-corrected chi connectivity index (χ3v) is 5.38. The lowest BCUT2D eigenvalue weighted by Gasteiger charge is -2.32. The van der Waals surface area contributed by atoms with Gasteiger partial charge in [-0.25, -0.2) is 4.98 Å². The smallest absolute Gasteiger partial charge is 0.220 e. The SMILES string of the molecule is O=C(CCc1ncc(-c2ccccc2)o1)NC1CCN(Cc2ccccc2)CC1. The predicted molar refractivity (Wildman–Crippen MR) is 113 cm³/mol. The van der Waals surface area contributed by atoms with Crippen LogP contribution in [0.2, 0.25) is 0 Å². The number of nitrogens with zero attached hydrogens (tertiary/aromatic N) is 2. The zero-order valence-electron chi connectivity index (χ0n) is 16.6. The fourth-order valence-corrected chi connectivity index (χ4v) is 3.76. The molecule has 29 heavy (non-hydrogen) atoms. The van der Waals surface area contributed by atoms with Gasteiger partial charge in [-0.1, -0.05) is 60.7 Å². The maximum atomic E-state index is 12.3. The van der Waals surface area contributed by atoms with Crippen LogP contribution in [-0.4, -0.2) is 34.9 Å². The molecule has 0 unspecified atom stereocenters. The van der Waals surface area contributed by atoms with Gasteiger partial charge < -0.3 is 9.73 Å². The quantitative estimate of drug-likeness (QED) is 0.662. The Hall–Kier alpha value is -2.92. The van der Waals surface area contributed by atoms with Gasteiger partial charge in [0.05, 0.1) is 6.20 Å². The summed E-state index contributed by atoms with van der Waals surface area (Å²) < 4.78 is 5.78. The largest absolute Gasteiger partial charge is 0.441 e. The van der Waals surface area contributed by atoms with E-state index in [2.05, 4.69) is 39.5 Å². The first kappa shape index (κ1) is 19.4. The standard InChI is InChI=1S/C24H27N3O2/c28-23(11-12-24-25-17-22(29-24)20-9-5-2-6-10-20)26-21-13-15-27(16-14-21)18-19-7-3-1-4-8-19/h1-10,17,21H,11-16,18H2,(H,26,28). The van der Waals surface area contributed by atoms with E-state index in [1.807, 2.05) is 36.4 Å². The van der Waals surface area contributed by atoms with Crippen LogP contribution in [0.15, 0.2) is 71.3 Å². The van der Waals surface area contributed by atoms with Crippen LogP contribution in [0, 0.1) is 0 Å². The summed E-state index contributed by atoms with van der Waals surface area (Å²) in [6.07, 6.45) is 4.64. The van der Waals surface area contributed by atoms with Gasteiger partial charge in [0.25, 0.3) is 0 Å². The summed E-state index contributed by atoms with van der Waals surface area (Å²) in [4.78, 5) is 19.1. The van der Waals surface area contributed by atoms with Gasteiger partial charge in [0.1, 0.15) is 0 Å². The summed E-state index contributed by atoms with van der Waals surface area (Å²) in [5.74, 6) is 1.43. The zero-order valence-corrected chi connectivity index (χ0v) is 16.6. The Morgan fingerprint density at radius 3 is 2.45 bits per heavy atom. The number of hydrogen-bond acceptors (Lipinski definition) is 4. The molecule has 1 N–H and O–H groups in total. The van der Waals surface area contributed by atoms with Crippen LogP contribution in [0.1, 0.15) is 30.7 Å². The molecule has 150 valence electrons. The summed E-state index contributed by atoms with van der Waals surface area (Å²) in [7, 11) is 0. The van der Waals surface area contributed by atoms with E-state index in [-0.39, 0.29) is 11.9 Å². The molecule has 0 spiro atoms. The molecule has 2 aromatic carbocycles. The second-order valence-corrected chi connectivity index (χ2v) is 7.59. The van der Waals surface area contributed by atoms with Crippen LogP contribution in [0.5, 0.6) is 0 Å². The summed E-state index contributed by atoms with van der Waals surface area (Å²) in [6.45, 7) is 3.01. The molecule has 0 aliphatic carbocycles. The third kappa shape index (κ3) is 5.55. The Balaban J connectivity index is 1.18. The van der Waals surface area contributed by atoms with Gasteiger partial charge >= 0.3 is 0 Å². The van der Waals surface area contributed by atoms with Crippen molar-refractivity contribution >= 4 is 5.91 Å². The molecule has 4 rings (SSSR count). The number of carbonyl (C=O) groups excluding carboxylic acids is 1. The molecule has 0 bridgehead atoms. The molecule has 0 radical (unpaired) electrons. The van der Waals surface area contributed by atoms with Crippen molar-refractivity contribution in [3.63, 3.8) is 0 Å². The van der Waals surface area contributed by atoms with Crippen molar-refractivity contribution in [1.29, 1.82) is 0 Å². The molecule has 1 aliphatic heterocycles. The number of likely N-dealkylation sites (tertiary alicyclic amines) is 1. The molecule has 2 heterocycles. The summed E-state index contributed by atoms with van der Waals surface area (Å²) in [5.41, 5.74) is 2.34. The van der Waals surface area contributed by atoms with Crippen molar-refractivity contribution < 1.29 is 9.21 Å². The van der Waals surface area contributed by atoms with Crippen molar-refractivity contribution in [3.05, 3.63) is 78.3 Å². The Morgan fingerprint density at radius 1 is 1.03 bits per heavy atom. The maximum absolute atomic E-state index is 12.3. The highest BCUT2D eigenvalue weighted by Gasteiger charge is 2.21. The second-order valence-electron chi connectivity index (χ2n) is 7.59. The third-order valence-electron chi connectivity index (χ3n) is 5.38. The van der Waals surface area contributed by atoms with Crippen LogP contribution in [0.25, 0.3) is 11.3 Å². The Bertz CT molecular complexity index is 900. The maximum Gasteiger partial charge on any atom is 0.220 e. The first-order valence-corrected chi connectivity index (χ1v) is 10.3. The second kappa shape index (κ2) is 9.52. The van der Waals surface area contributed by atoms with E-state index in [0.717, 1.165) is 43.8 Å². The number of oxazole rings is 1. The van der Waals surface area contributed by atoms with Crippen LogP contribution in [0.3, 0.4) is 0 Å². The van der Waals surface area contributed by atoms with Crippen LogP contribution in [-0.2, 0) is 17.8 Å². The molecule has 1 aromatic heterocycles. The highest BCUT2D eigenvalue weighted by molar-refractivity contribution is 5.76. The lowest BCUT2D eigenvalue weighted by molar-refractivity contribution is -0.122. The van der Waals surface area contributed by atoms with Crippen molar-refractivity contribution in [2.75, 3.05) is 13.1 Å². The molecular weight excluding hydrogens is 362 g/mol. The van der Waals surface area contributed by atoms with Crippen LogP contribution >= 0.6 is 0 Å². The van der Waals surface area contributed by atoms with E-state index >= 15 is 0 Å². The minimum atomic E-state index is 0.0750. The minimum Gasteiger partial charge on any atom is -0.441 e. The minimum absolute atomic E-state index is 0.0750. The van der Waals surface area contributed by atoms with Crippen LogP contribution in [0.4, 0.5) is 0 Å². The Labute approximate surface area is 171 Å². The van der Waals surface area contributed by atoms with Gasteiger partial charge in [-0.15, -0.1) is 0 Å². The zero-order chi connectivity index (χ0) is 19.9. The number of nitrogens with one attached hydrogen (secondary N) is 1. The highest BCUT2D eigenvalue weighted by atomic mass is 16.4. The molecule has 5 heteroatoms. The van der Waals surface area contributed by atoms with E-state index in [0.29, 0.717) is 18.7 Å². The van der Waals surface area contributed by atoms with E-state index in [1.165, 1.54) is 5.56 Å². The average Bonchev–Trinajstić information content (AvgIpc) is 3.24. The predicted octanol–water partition coefficient (Wildman–Crippen LogP) is 4.06. The van der Waals surface area contributed by atoms with Crippen molar-refractivity contribution in [2.45, 2.75) is 38.3 Å². The van der Waals surface area contributed by atoms with Crippen LogP contribution < -0.4 is 5.32 Å². The van der Waals surface area contributed by atoms with Gasteiger partial charge in [0.2, 0.25) is 5.91 Å². The van der Waals surface area contributed by atoms with Gasteiger partial charge in [-0.2, -0.15) is 0 Å². The number of benzene rings is 2. The summed E-state index contributed by atoms with van der Waals surface area (Å²) in [5, 5.41) is 3.18. The van der Waals surface area contributed by atoms with Gasteiger partial charge in [-0.3, -0.25) is 9.69 Å².